The molecule has 0 aliphatic carbocycles. The van der Waals surface area contributed by atoms with Crippen molar-refractivity contribution in [3.63, 3.8) is 0 Å². The second kappa shape index (κ2) is 4.68. The number of anilines is 1. The van der Waals surface area contributed by atoms with Gasteiger partial charge < -0.3 is 19.7 Å². The van der Waals surface area contributed by atoms with Crippen LogP contribution in [0.3, 0.4) is 0 Å². The summed E-state index contributed by atoms with van der Waals surface area (Å²) in [7, 11) is 1.73. The molecular formula is C15H16N2O3. The zero-order chi connectivity index (χ0) is 14.3. The van der Waals surface area contributed by atoms with Crippen molar-refractivity contribution in [3.05, 3.63) is 53.0 Å². The summed E-state index contributed by atoms with van der Waals surface area (Å²) in [6.45, 7) is 2.42. The number of aliphatic hydroxyl groups is 1. The van der Waals surface area contributed by atoms with E-state index in [1.165, 1.54) is 0 Å². The molecule has 0 saturated heterocycles. The van der Waals surface area contributed by atoms with Crippen LogP contribution in [0, 0.1) is 6.92 Å². The molecule has 0 bridgehead atoms. The lowest BCUT2D eigenvalue weighted by molar-refractivity contribution is 0.188. The van der Waals surface area contributed by atoms with Gasteiger partial charge in [0, 0.05) is 19.3 Å². The van der Waals surface area contributed by atoms with Gasteiger partial charge in [-0.3, -0.25) is 0 Å². The molecule has 1 atom stereocenters. The Hall–Kier alpha value is -2.27. The fourth-order valence-electron chi connectivity index (χ4n) is 2.39. The van der Waals surface area contributed by atoms with Gasteiger partial charge in [-0.15, -0.1) is 0 Å². The fourth-order valence-corrected chi connectivity index (χ4v) is 2.39. The minimum Gasteiger partial charge on any atom is -0.466 e. The summed E-state index contributed by atoms with van der Waals surface area (Å²) in [6, 6.07) is 7.23. The smallest absolute Gasteiger partial charge is 0.321 e. The third-order valence-electron chi connectivity index (χ3n) is 3.59. The van der Waals surface area contributed by atoms with E-state index in [4.69, 9.17) is 4.42 Å². The molecule has 2 heterocycles. The number of benzene rings is 1. The molecule has 0 spiro atoms. The van der Waals surface area contributed by atoms with Crippen LogP contribution in [0.1, 0.15) is 28.6 Å². The second-order valence-electron chi connectivity index (χ2n) is 5.07. The van der Waals surface area contributed by atoms with E-state index in [1.807, 2.05) is 25.1 Å². The minimum atomic E-state index is -0.793. The van der Waals surface area contributed by atoms with Gasteiger partial charge in [0.25, 0.3) is 0 Å². The molecule has 5 nitrogen and oxygen atoms in total. The van der Waals surface area contributed by atoms with Crippen molar-refractivity contribution in [1.82, 2.24) is 4.90 Å². The molecule has 2 N–H and O–H groups in total. The summed E-state index contributed by atoms with van der Waals surface area (Å²) in [5, 5.41) is 13.2. The van der Waals surface area contributed by atoms with Crippen LogP contribution in [-0.4, -0.2) is 23.1 Å². The van der Waals surface area contributed by atoms with Crippen LogP contribution in [0.5, 0.6) is 0 Å². The highest BCUT2D eigenvalue weighted by Gasteiger charge is 2.22. The predicted octanol–water partition coefficient (Wildman–Crippen LogP) is 2.65. The Morgan fingerprint density at radius 2 is 2.20 bits per heavy atom. The van der Waals surface area contributed by atoms with E-state index < -0.39 is 6.10 Å². The first kappa shape index (κ1) is 12.7. The first-order valence-electron chi connectivity index (χ1n) is 6.43. The van der Waals surface area contributed by atoms with E-state index in [0.29, 0.717) is 12.3 Å². The van der Waals surface area contributed by atoms with Crippen LogP contribution in [0.4, 0.5) is 10.5 Å². The normalized spacial score (nSPS) is 15.8. The highest BCUT2D eigenvalue weighted by molar-refractivity contribution is 5.92. The molecule has 5 heteroatoms. The van der Waals surface area contributed by atoms with Crippen LogP contribution >= 0.6 is 0 Å². The lowest BCUT2D eigenvalue weighted by Crippen LogP contribution is -2.35. The molecule has 104 valence electrons. The van der Waals surface area contributed by atoms with E-state index in [0.717, 1.165) is 22.4 Å². The average Bonchev–Trinajstić information content (AvgIpc) is 2.85. The number of carbonyl (C=O) groups is 1. The Morgan fingerprint density at radius 3 is 2.90 bits per heavy atom. The maximum atomic E-state index is 11.6. The first-order chi connectivity index (χ1) is 9.56. The molecule has 1 unspecified atom stereocenters. The first-order valence-corrected chi connectivity index (χ1v) is 6.43. The van der Waals surface area contributed by atoms with Crippen LogP contribution < -0.4 is 5.32 Å². The molecule has 1 aliphatic heterocycles. The van der Waals surface area contributed by atoms with Crippen molar-refractivity contribution < 1.29 is 14.3 Å². The Labute approximate surface area is 116 Å². The summed E-state index contributed by atoms with van der Waals surface area (Å²) in [5.41, 5.74) is 3.44. The number of hydrogen-bond donors (Lipinski definition) is 2. The Morgan fingerprint density at radius 1 is 1.40 bits per heavy atom. The Bertz CT molecular complexity index is 663. The molecule has 3 rings (SSSR count). The Kier molecular flexibility index (Phi) is 2.99. The Balaban J connectivity index is 1.95. The van der Waals surface area contributed by atoms with E-state index in [9.17, 15) is 9.90 Å². The summed E-state index contributed by atoms with van der Waals surface area (Å²) in [4.78, 5) is 13.2. The van der Waals surface area contributed by atoms with Crippen molar-refractivity contribution in [3.8, 4) is 0 Å². The van der Waals surface area contributed by atoms with Crippen LogP contribution in [0.2, 0.25) is 0 Å². The monoisotopic (exact) mass is 272 g/mol. The number of rotatable bonds is 2. The molecule has 20 heavy (non-hydrogen) atoms. The SMILES string of the molecule is Cc1ccoc1C(O)c1ccc2c(c1)CN(C)C(=O)N2. The standard InChI is InChI=1S/C15H16N2O3/c1-9-5-6-20-14(9)13(18)10-3-4-12-11(7-10)8-17(2)15(19)16-12/h3-7,13,18H,8H2,1-2H3,(H,16,19). The van der Waals surface area contributed by atoms with Crippen molar-refractivity contribution in [2.45, 2.75) is 19.6 Å². The topological polar surface area (TPSA) is 65.7 Å². The van der Waals surface area contributed by atoms with Crippen LogP contribution in [0.15, 0.2) is 34.9 Å². The fraction of sp³-hybridized carbons (Fsp3) is 0.267. The molecule has 1 aromatic heterocycles. The number of nitrogens with zero attached hydrogens (tertiary/aromatic N) is 1. The summed E-state index contributed by atoms with van der Waals surface area (Å²) in [5.74, 6) is 0.554. The molecular weight excluding hydrogens is 256 g/mol. The van der Waals surface area contributed by atoms with Gasteiger partial charge in [-0.25, -0.2) is 4.79 Å². The third kappa shape index (κ3) is 2.06. The maximum Gasteiger partial charge on any atom is 0.321 e. The van der Waals surface area contributed by atoms with Crippen LogP contribution in [-0.2, 0) is 6.54 Å². The van der Waals surface area contributed by atoms with E-state index >= 15 is 0 Å². The number of carbonyl (C=O) groups excluding carboxylic acids is 1. The number of furan rings is 1. The van der Waals surface area contributed by atoms with Gasteiger partial charge in [-0.2, -0.15) is 0 Å². The van der Waals surface area contributed by atoms with Crippen molar-refractivity contribution in [1.29, 1.82) is 0 Å². The molecule has 0 radical (unpaired) electrons. The van der Waals surface area contributed by atoms with Gasteiger partial charge in [-0.05, 0) is 41.8 Å². The maximum absolute atomic E-state index is 11.6. The lowest BCUT2D eigenvalue weighted by atomic mass is 10.00. The molecule has 1 aliphatic rings. The zero-order valence-electron chi connectivity index (χ0n) is 11.4. The number of aliphatic hydroxyl groups excluding tert-OH is 1. The predicted molar refractivity (Wildman–Crippen MR) is 74.4 cm³/mol. The number of urea groups is 1. The lowest BCUT2D eigenvalue weighted by Gasteiger charge is -2.26. The van der Waals surface area contributed by atoms with Gasteiger partial charge in [0.05, 0.1) is 6.26 Å². The van der Waals surface area contributed by atoms with E-state index in [1.54, 1.807) is 24.3 Å². The number of nitrogens with one attached hydrogen (secondary N) is 1. The summed E-state index contributed by atoms with van der Waals surface area (Å²) < 4.78 is 5.33. The molecule has 1 aromatic carbocycles. The summed E-state index contributed by atoms with van der Waals surface area (Å²) in [6.07, 6.45) is 0.776. The number of aryl methyl sites for hydroxylation is 1. The van der Waals surface area contributed by atoms with Gasteiger partial charge in [-0.1, -0.05) is 6.07 Å². The van der Waals surface area contributed by atoms with Crippen molar-refractivity contribution in [2.75, 3.05) is 12.4 Å². The van der Waals surface area contributed by atoms with Crippen molar-refractivity contribution >= 4 is 11.7 Å². The van der Waals surface area contributed by atoms with Gasteiger partial charge >= 0.3 is 6.03 Å². The largest absolute Gasteiger partial charge is 0.466 e. The molecule has 0 saturated carbocycles. The average molecular weight is 272 g/mol. The van der Waals surface area contributed by atoms with Gasteiger partial charge in [0.1, 0.15) is 11.9 Å². The third-order valence-corrected chi connectivity index (χ3v) is 3.59. The second-order valence-corrected chi connectivity index (χ2v) is 5.07. The number of fused-ring (bicyclic) bond motifs is 1. The number of amides is 2. The van der Waals surface area contributed by atoms with E-state index in [-0.39, 0.29) is 6.03 Å². The van der Waals surface area contributed by atoms with E-state index in [2.05, 4.69) is 5.32 Å². The minimum absolute atomic E-state index is 0.118. The highest BCUT2D eigenvalue weighted by Crippen LogP contribution is 2.30. The molecule has 2 amide bonds. The van der Waals surface area contributed by atoms with Gasteiger partial charge in [0.2, 0.25) is 0 Å². The number of hydrogen-bond acceptors (Lipinski definition) is 3. The quantitative estimate of drug-likeness (QED) is 0.883. The van der Waals surface area contributed by atoms with Crippen LogP contribution in [0.25, 0.3) is 0 Å². The zero-order valence-corrected chi connectivity index (χ0v) is 11.4. The molecule has 0 fully saturated rings. The highest BCUT2D eigenvalue weighted by atomic mass is 16.4. The molecule has 2 aromatic rings. The summed E-state index contributed by atoms with van der Waals surface area (Å²) >= 11 is 0. The van der Waals surface area contributed by atoms with Gasteiger partial charge in [0.15, 0.2) is 0 Å². The van der Waals surface area contributed by atoms with Crippen molar-refractivity contribution in [2.24, 2.45) is 0 Å².